The summed E-state index contributed by atoms with van der Waals surface area (Å²) in [4.78, 5) is 10.5. The second-order valence-corrected chi connectivity index (χ2v) is 7.98. The molecule has 10 heteroatoms. The first-order chi connectivity index (χ1) is 14.2. The average molecular weight is 550 g/mol. The lowest BCUT2D eigenvalue weighted by Gasteiger charge is -2.39. The summed E-state index contributed by atoms with van der Waals surface area (Å²) in [5, 5.41) is 7.49. The zero-order valence-corrected chi connectivity index (χ0v) is 20.4. The molecule has 1 aromatic heterocycles. The van der Waals surface area contributed by atoms with Crippen LogP contribution in [0.5, 0.6) is 0 Å². The minimum atomic E-state index is -4.34. The van der Waals surface area contributed by atoms with Gasteiger partial charge >= 0.3 is 6.18 Å². The van der Waals surface area contributed by atoms with Gasteiger partial charge in [0.05, 0.1) is 12.1 Å². The van der Waals surface area contributed by atoms with E-state index in [9.17, 15) is 13.2 Å². The normalized spacial score (nSPS) is 16.5. The van der Waals surface area contributed by atoms with Crippen LogP contribution in [0.25, 0.3) is 0 Å². The molecular weight excluding hydrogens is 520 g/mol. The van der Waals surface area contributed by atoms with E-state index in [0.29, 0.717) is 19.0 Å². The molecule has 0 aliphatic heterocycles. The van der Waals surface area contributed by atoms with Gasteiger partial charge in [-0.05, 0) is 24.5 Å². The van der Waals surface area contributed by atoms with Crippen molar-refractivity contribution in [2.45, 2.75) is 50.2 Å². The molecular formula is C21H30F3IN6. The maximum absolute atomic E-state index is 13.3. The zero-order chi connectivity index (χ0) is 21.8. The van der Waals surface area contributed by atoms with Gasteiger partial charge in [-0.25, -0.2) is 4.98 Å². The summed E-state index contributed by atoms with van der Waals surface area (Å²) in [5.41, 5.74) is -0.189. The van der Waals surface area contributed by atoms with Crippen LogP contribution in [-0.2, 0) is 25.2 Å². The van der Waals surface area contributed by atoms with Crippen LogP contribution in [0.3, 0.4) is 0 Å². The van der Waals surface area contributed by atoms with E-state index in [4.69, 9.17) is 0 Å². The number of aryl methyl sites for hydroxylation is 1. The molecule has 6 nitrogen and oxygen atoms in total. The number of halogens is 4. The van der Waals surface area contributed by atoms with Crippen molar-refractivity contribution in [2.75, 3.05) is 20.6 Å². The first-order valence-electron chi connectivity index (χ1n) is 10.2. The Kier molecular flexibility index (Phi) is 8.73. The van der Waals surface area contributed by atoms with Crippen LogP contribution in [0, 0.1) is 0 Å². The average Bonchev–Trinajstić information content (AvgIpc) is 3.13. The van der Waals surface area contributed by atoms with Crippen LogP contribution >= 0.6 is 24.0 Å². The van der Waals surface area contributed by atoms with E-state index in [2.05, 4.69) is 20.4 Å². The standard InChI is InChI=1S/C21H29F3N6.HI/c1-25-19(29(2)13-18-27-15-28-30(18)3)26-14-20(10-5-4-6-11-20)16-8-7-9-17(12-16)21(22,23)24;/h7-9,12,15H,4-6,10-11,13-14H2,1-3H3,(H,25,26);1H. The number of aliphatic imine (C=N–C) groups is 1. The third-order valence-electron chi connectivity index (χ3n) is 5.95. The lowest BCUT2D eigenvalue weighted by Crippen LogP contribution is -2.47. The van der Waals surface area contributed by atoms with Crippen LogP contribution in [0.2, 0.25) is 0 Å². The summed E-state index contributed by atoms with van der Waals surface area (Å²) >= 11 is 0. The van der Waals surface area contributed by atoms with E-state index >= 15 is 0 Å². The zero-order valence-electron chi connectivity index (χ0n) is 18.1. The number of hydrogen-bond acceptors (Lipinski definition) is 3. The second kappa shape index (κ2) is 10.6. The van der Waals surface area contributed by atoms with Gasteiger partial charge in [-0.1, -0.05) is 37.5 Å². The van der Waals surface area contributed by atoms with Gasteiger partial charge in [0, 0.05) is 33.1 Å². The largest absolute Gasteiger partial charge is 0.416 e. The van der Waals surface area contributed by atoms with Gasteiger partial charge in [-0.15, -0.1) is 24.0 Å². The maximum atomic E-state index is 13.3. The molecule has 1 heterocycles. The van der Waals surface area contributed by atoms with Crippen LogP contribution in [0.1, 0.15) is 49.1 Å². The summed E-state index contributed by atoms with van der Waals surface area (Å²) < 4.78 is 41.6. The molecule has 31 heavy (non-hydrogen) atoms. The highest BCUT2D eigenvalue weighted by molar-refractivity contribution is 14.0. The number of nitrogens with one attached hydrogen (secondary N) is 1. The van der Waals surface area contributed by atoms with Gasteiger partial charge in [0.1, 0.15) is 12.2 Å². The Labute approximate surface area is 198 Å². The highest BCUT2D eigenvalue weighted by Crippen LogP contribution is 2.41. The monoisotopic (exact) mass is 550 g/mol. The molecule has 1 N–H and O–H groups in total. The van der Waals surface area contributed by atoms with Crippen LogP contribution in [0.4, 0.5) is 13.2 Å². The fourth-order valence-corrected chi connectivity index (χ4v) is 4.20. The molecule has 0 unspecified atom stereocenters. The first-order valence-corrected chi connectivity index (χ1v) is 10.2. The quantitative estimate of drug-likeness (QED) is 0.342. The van der Waals surface area contributed by atoms with E-state index < -0.39 is 11.7 Å². The summed E-state index contributed by atoms with van der Waals surface area (Å²) in [6, 6.07) is 5.80. The third kappa shape index (κ3) is 6.11. The van der Waals surface area contributed by atoms with Crippen molar-refractivity contribution >= 4 is 29.9 Å². The summed E-state index contributed by atoms with van der Waals surface area (Å²) in [6.45, 7) is 1.05. The lowest BCUT2D eigenvalue weighted by molar-refractivity contribution is -0.137. The molecule has 1 saturated carbocycles. The van der Waals surface area contributed by atoms with E-state index in [0.717, 1.165) is 49.6 Å². The molecule has 2 aromatic rings. The Morgan fingerprint density at radius 3 is 2.55 bits per heavy atom. The van der Waals surface area contributed by atoms with Gasteiger partial charge in [-0.2, -0.15) is 18.3 Å². The molecule has 1 fully saturated rings. The van der Waals surface area contributed by atoms with Crippen LogP contribution in [0.15, 0.2) is 35.6 Å². The Balaban J connectivity index is 0.00000341. The Morgan fingerprint density at radius 2 is 1.97 bits per heavy atom. The molecule has 0 amide bonds. The number of hydrogen-bond donors (Lipinski definition) is 1. The van der Waals surface area contributed by atoms with Crippen LogP contribution < -0.4 is 5.32 Å². The predicted molar refractivity (Wildman–Crippen MR) is 125 cm³/mol. The number of guanidine groups is 1. The van der Waals surface area contributed by atoms with Gasteiger partial charge < -0.3 is 10.2 Å². The highest BCUT2D eigenvalue weighted by Gasteiger charge is 2.37. The molecule has 1 aromatic carbocycles. The SMILES string of the molecule is CN=C(NCC1(c2cccc(C(F)(F)F)c2)CCCCC1)N(C)Cc1ncnn1C.I. The fraction of sp³-hybridized carbons (Fsp3) is 0.571. The van der Waals surface area contributed by atoms with Crippen molar-refractivity contribution < 1.29 is 13.2 Å². The molecule has 0 bridgehead atoms. The highest BCUT2D eigenvalue weighted by atomic mass is 127. The van der Waals surface area contributed by atoms with Crippen molar-refractivity contribution in [3.63, 3.8) is 0 Å². The molecule has 0 saturated heterocycles. The molecule has 1 aliphatic rings. The lowest BCUT2D eigenvalue weighted by atomic mass is 9.69. The molecule has 0 radical (unpaired) electrons. The van der Waals surface area contributed by atoms with E-state index in [1.165, 1.54) is 18.5 Å². The molecule has 3 rings (SSSR count). The van der Waals surface area contributed by atoms with Crippen molar-refractivity contribution in [3.05, 3.63) is 47.5 Å². The summed E-state index contributed by atoms with van der Waals surface area (Å²) in [5.74, 6) is 1.47. The number of nitrogens with zero attached hydrogens (tertiary/aromatic N) is 5. The van der Waals surface area contributed by atoms with Crippen molar-refractivity contribution in [1.82, 2.24) is 25.0 Å². The summed E-state index contributed by atoms with van der Waals surface area (Å²) in [6.07, 6.45) is 1.99. The van der Waals surface area contributed by atoms with Gasteiger partial charge in [0.15, 0.2) is 5.96 Å². The van der Waals surface area contributed by atoms with Crippen molar-refractivity contribution in [1.29, 1.82) is 0 Å². The summed E-state index contributed by atoms with van der Waals surface area (Å²) in [7, 11) is 5.44. The minimum absolute atomic E-state index is 0. The van der Waals surface area contributed by atoms with E-state index in [1.54, 1.807) is 11.7 Å². The first kappa shape index (κ1) is 25.4. The van der Waals surface area contributed by atoms with Gasteiger partial charge in [0.2, 0.25) is 0 Å². The Bertz CT molecular complexity index is 874. The number of aromatic nitrogens is 3. The topological polar surface area (TPSA) is 58.3 Å². The third-order valence-corrected chi connectivity index (χ3v) is 5.95. The van der Waals surface area contributed by atoms with E-state index in [1.807, 2.05) is 25.1 Å². The van der Waals surface area contributed by atoms with Crippen molar-refractivity contribution in [2.24, 2.45) is 12.0 Å². The molecule has 0 spiro atoms. The predicted octanol–water partition coefficient (Wildman–Crippen LogP) is 4.36. The van der Waals surface area contributed by atoms with Crippen LogP contribution in [-0.4, -0.2) is 46.3 Å². The van der Waals surface area contributed by atoms with Gasteiger partial charge in [0.25, 0.3) is 0 Å². The Hall–Kier alpha value is -1.85. The minimum Gasteiger partial charge on any atom is -0.355 e. The second-order valence-electron chi connectivity index (χ2n) is 7.98. The van der Waals surface area contributed by atoms with Crippen molar-refractivity contribution in [3.8, 4) is 0 Å². The maximum Gasteiger partial charge on any atom is 0.416 e. The number of rotatable bonds is 5. The molecule has 1 aliphatic carbocycles. The smallest absolute Gasteiger partial charge is 0.355 e. The number of alkyl halides is 3. The van der Waals surface area contributed by atoms with E-state index in [-0.39, 0.29) is 29.4 Å². The fourth-order valence-electron chi connectivity index (χ4n) is 4.20. The van der Waals surface area contributed by atoms with Gasteiger partial charge in [-0.3, -0.25) is 9.67 Å². The molecule has 0 atom stereocenters. The Morgan fingerprint density at radius 1 is 1.26 bits per heavy atom. The molecule has 172 valence electrons. The number of benzene rings is 1.